The smallest absolute Gasteiger partial charge is 0.0480 e. The molecule has 2 nitrogen and oxygen atoms in total. The highest BCUT2D eigenvalue weighted by atomic mass is 16.5. The Kier molecular flexibility index (Phi) is 2.39. The maximum Gasteiger partial charge on any atom is 0.0480 e. The van der Waals surface area contributed by atoms with Crippen molar-refractivity contribution in [1.29, 1.82) is 0 Å². The fourth-order valence-electron chi connectivity index (χ4n) is 2.71. The number of hydrogen-bond acceptors (Lipinski definition) is 2. The fourth-order valence-corrected chi connectivity index (χ4v) is 2.71. The van der Waals surface area contributed by atoms with Crippen molar-refractivity contribution in [2.75, 3.05) is 13.2 Å². The molecule has 2 rings (SSSR count). The topological polar surface area (TPSA) is 21.3 Å². The van der Waals surface area contributed by atoms with Gasteiger partial charge in [0.2, 0.25) is 0 Å². The van der Waals surface area contributed by atoms with Crippen LogP contribution in [0.5, 0.6) is 0 Å². The van der Waals surface area contributed by atoms with E-state index in [0.29, 0.717) is 22.9 Å². The Morgan fingerprint density at radius 1 is 1.00 bits per heavy atom. The normalized spacial score (nSPS) is 31.7. The SMILES string of the molecule is CC1(C)C(NC2CCOCC2)C1(C)C. The van der Waals surface area contributed by atoms with Crippen molar-refractivity contribution >= 4 is 0 Å². The molecule has 0 aromatic heterocycles. The van der Waals surface area contributed by atoms with Gasteiger partial charge >= 0.3 is 0 Å². The summed E-state index contributed by atoms with van der Waals surface area (Å²) in [6.45, 7) is 11.3. The van der Waals surface area contributed by atoms with Crippen molar-refractivity contribution in [3.8, 4) is 0 Å². The van der Waals surface area contributed by atoms with E-state index < -0.39 is 0 Å². The maximum absolute atomic E-state index is 5.37. The van der Waals surface area contributed by atoms with E-state index in [4.69, 9.17) is 4.74 Å². The third kappa shape index (κ3) is 1.49. The van der Waals surface area contributed by atoms with Crippen molar-refractivity contribution in [1.82, 2.24) is 5.32 Å². The Morgan fingerprint density at radius 2 is 1.50 bits per heavy atom. The molecule has 2 aliphatic rings. The van der Waals surface area contributed by atoms with Gasteiger partial charge in [-0.1, -0.05) is 27.7 Å². The van der Waals surface area contributed by atoms with Gasteiger partial charge in [-0.05, 0) is 23.7 Å². The van der Waals surface area contributed by atoms with Crippen molar-refractivity contribution in [2.45, 2.75) is 52.6 Å². The summed E-state index contributed by atoms with van der Waals surface area (Å²) >= 11 is 0. The van der Waals surface area contributed by atoms with Crippen LogP contribution in [0.1, 0.15) is 40.5 Å². The van der Waals surface area contributed by atoms with Gasteiger partial charge in [0, 0.05) is 25.3 Å². The van der Waals surface area contributed by atoms with Crippen molar-refractivity contribution in [3.05, 3.63) is 0 Å². The zero-order valence-corrected chi connectivity index (χ0v) is 9.89. The fraction of sp³-hybridized carbons (Fsp3) is 1.00. The first-order valence-corrected chi connectivity index (χ1v) is 5.80. The number of rotatable bonds is 2. The second kappa shape index (κ2) is 3.21. The summed E-state index contributed by atoms with van der Waals surface area (Å²) in [7, 11) is 0. The predicted molar refractivity (Wildman–Crippen MR) is 58.3 cm³/mol. The van der Waals surface area contributed by atoms with Crippen LogP contribution in [-0.4, -0.2) is 25.3 Å². The number of ether oxygens (including phenoxy) is 1. The highest BCUT2D eigenvalue weighted by molar-refractivity contribution is 5.18. The van der Waals surface area contributed by atoms with E-state index in [-0.39, 0.29) is 0 Å². The molecular weight excluding hydrogens is 174 g/mol. The van der Waals surface area contributed by atoms with Gasteiger partial charge in [0.1, 0.15) is 0 Å². The lowest BCUT2D eigenvalue weighted by Gasteiger charge is -2.24. The molecule has 1 saturated heterocycles. The molecule has 0 unspecified atom stereocenters. The Hall–Kier alpha value is -0.0800. The van der Waals surface area contributed by atoms with Crippen LogP contribution in [0.25, 0.3) is 0 Å². The predicted octanol–water partition coefficient (Wildman–Crippen LogP) is 2.19. The molecule has 1 aliphatic heterocycles. The molecule has 0 spiro atoms. The first-order valence-electron chi connectivity index (χ1n) is 5.80. The van der Waals surface area contributed by atoms with Crippen LogP contribution in [0.15, 0.2) is 0 Å². The monoisotopic (exact) mass is 197 g/mol. The van der Waals surface area contributed by atoms with Gasteiger partial charge in [0.05, 0.1) is 0 Å². The van der Waals surface area contributed by atoms with Gasteiger partial charge in [0.15, 0.2) is 0 Å². The third-order valence-electron chi connectivity index (χ3n) is 4.64. The molecule has 0 atom stereocenters. The summed E-state index contributed by atoms with van der Waals surface area (Å²) in [6, 6.07) is 1.38. The number of hydrogen-bond donors (Lipinski definition) is 1. The van der Waals surface area contributed by atoms with E-state index in [1.807, 2.05) is 0 Å². The van der Waals surface area contributed by atoms with Crippen LogP contribution in [0.3, 0.4) is 0 Å². The molecule has 1 heterocycles. The zero-order chi connectivity index (χ0) is 10.4. The molecule has 2 heteroatoms. The van der Waals surface area contributed by atoms with E-state index in [2.05, 4.69) is 33.0 Å². The summed E-state index contributed by atoms with van der Waals surface area (Å²) in [5, 5.41) is 3.79. The first-order chi connectivity index (χ1) is 6.46. The lowest BCUT2D eigenvalue weighted by Crippen LogP contribution is -2.38. The summed E-state index contributed by atoms with van der Waals surface area (Å²) in [5.41, 5.74) is 0.927. The van der Waals surface area contributed by atoms with E-state index in [0.717, 1.165) is 13.2 Å². The standard InChI is InChI=1S/C12H23NO/c1-11(2)10(12(11,3)4)13-9-5-7-14-8-6-9/h9-10,13H,5-8H2,1-4H3. The van der Waals surface area contributed by atoms with Crippen LogP contribution >= 0.6 is 0 Å². The van der Waals surface area contributed by atoms with Gasteiger partial charge in [-0.25, -0.2) is 0 Å². The van der Waals surface area contributed by atoms with Crippen molar-refractivity contribution in [2.24, 2.45) is 10.8 Å². The molecule has 0 aromatic rings. The molecule has 1 aliphatic carbocycles. The second-order valence-electron chi connectivity index (χ2n) is 5.93. The van der Waals surface area contributed by atoms with Gasteiger partial charge in [-0.3, -0.25) is 0 Å². The molecular formula is C12H23NO. The molecule has 0 aromatic carbocycles. The third-order valence-corrected chi connectivity index (χ3v) is 4.64. The van der Waals surface area contributed by atoms with Crippen LogP contribution < -0.4 is 5.32 Å². The molecule has 1 N–H and O–H groups in total. The minimum Gasteiger partial charge on any atom is -0.381 e. The summed E-state index contributed by atoms with van der Waals surface area (Å²) in [5.74, 6) is 0. The minimum absolute atomic E-state index is 0.464. The molecule has 0 amide bonds. The van der Waals surface area contributed by atoms with Crippen molar-refractivity contribution in [3.63, 3.8) is 0 Å². The lowest BCUT2D eigenvalue weighted by atomic mass is 10.0. The van der Waals surface area contributed by atoms with Crippen LogP contribution in [0.4, 0.5) is 0 Å². The van der Waals surface area contributed by atoms with Gasteiger partial charge in [0.25, 0.3) is 0 Å². The lowest BCUT2D eigenvalue weighted by molar-refractivity contribution is 0.0762. The van der Waals surface area contributed by atoms with Crippen LogP contribution in [-0.2, 0) is 4.74 Å². The Bertz CT molecular complexity index is 202. The molecule has 14 heavy (non-hydrogen) atoms. The largest absolute Gasteiger partial charge is 0.381 e. The quantitative estimate of drug-likeness (QED) is 0.732. The van der Waals surface area contributed by atoms with Crippen LogP contribution in [0.2, 0.25) is 0 Å². The maximum atomic E-state index is 5.37. The Balaban J connectivity index is 1.87. The first kappa shape index (κ1) is 10.4. The van der Waals surface area contributed by atoms with E-state index in [9.17, 15) is 0 Å². The highest BCUT2D eigenvalue weighted by Crippen LogP contribution is 2.62. The summed E-state index contributed by atoms with van der Waals surface area (Å²) in [6.07, 6.45) is 2.37. The zero-order valence-electron chi connectivity index (χ0n) is 9.89. The Morgan fingerprint density at radius 3 is 1.93 bits per heavy atom. The van der Waals surface area contributed by atoms with Crippen molar-refractivity contribution < 1.29 is 4.74 Å². The van der Waals surface area contributed by atoms with Gasteiger partial charge in [-0.2, -0.15) is 0 Å². The van der Waals surface area contributed by atoms with Gasteiger partial charge in [-0.15, -0.1) is 0 Å². The Labute approximate surface area is 87.4 Å². The van der Waals surface area contributed by atoms with E-state index in [1.165, 1.54) is 12.8 Å². The average molecular weight is 197 g/mol. The second-order valence-corrected chi connectivity index (χ2v) is 5.93. The summed E-state index contributed by atoms with van der Waals surface area (Å²) in [4.78, 5) is 0. The highest BCUT2D eigenvalue weighted by Gasteiger charge is 2.64. The summed E-state index contributed by atoms with van der Waals surface area (Å²) < 4.78 is 5.37. The average Bonchev–Trinajstić information content (AvgIpc) is 2.50. The minimum atomic E-state index is 0.464. The number of nitrogens with one attached hydrogen (secondary N) is 1. The molecule has 2 fully saturated rings. The van der Waals surface area contributed by atoms with Crippen LogP contribution in [0, 0.1) is 10.8 Å². The van der Waals surface area contributed by atoms with E-state index >= 15 is 0 Å². The van der Waals surface area contributed by atoms with E-state index in [1.54, 1.807) is 0 Å². The molecule has 82 valence electrons. The van der Waals surface area contributed by atoms with Gasteiger partial charge < -0.3 is 10.1 Å². The molecule has 0 radical (unpaired) electrons. The molecule has 1 saturated carbocycles. The molecule has 0 bridgehead atoms.